The lowest BCUT2D eigenvalue weighted by atomic mass is 10.1. The summed E-state index contributed by atoms with van der Waals surface area (Å²) in [5.41, 5.74) is 0.468. The Balaban J connectivity index is 2.18. The molecule has 2 N–H and O–H groups in total. The second kappa shape index (κ2) is 7.05. The van der Waals surface area contributed by atoms with Crippen LogP contribution < -0.4 is 26.0 Å². The molecule has 138 valence electrons. The Labute approximate surface area is 158 Å². The van der Waals surface area contributed by atoms with Crippen molar-refractivity contribution in [1.29, 1.82) is 0 Å². The number of carboxylic acid groups (broad SMARTS) is 1. The van der Waals surface area contributed by atoms with Crippen LogP contribution in [-0.2, 0) is 0 Å². The number of carboxylic acids is 1. The van der Waals surface area contributed by atoms with Gasteiger partial charge in [0.15, 0.2) is 0 Å². The van der Waals surface area contributed by atoms with E-state index in [1.165, 1.54) is 48.2 Å². The fourth-order valence-corrected chi connectivity index (χ4v) is 2.81. The minimum absolute atomic E-state index is 0.0313. The van der Waals surface area contributed by atoms with Crippen LogP contribution in [0.15, 0.2) is 41.2 Å². The molecule has 0 bridgehead atoms. The van der Waals surface area contributed by atoms with Crippen LogP contribution in [0.2, 0.25) is 5.02 Å². The van der Waals surface area contributed by atoms with Crippen molar-refractivity contribution in [3.63, 3.8) is 0 Å². The molecular weight excluding hydrogens is 372 g/mol. The number of ether oxygens (including phenoxy) is 1. The van der Waals surface area contributed by atoms with Crippen LogP contribution in [0.1, 0.15) is 15.9 Å². The molecule has 0 fully saturated rings. The summed E-state index contributed by atoms with van der Waals surface area (Å²) in [6, 6.07) is 8.82. The Morgan fingerprint density at radius 3 is 2.78 bits per heavy atom. The maximum atomic E-state index is 12.8. The van der Waals surface area contributed by atoms with Crippen molar-refractivity contribution < 1.29 is 19.7 Å². The first-order valence-corrected chi connectivity index (χ1v) is 8.09. The number of hydrogen-bond donors (Lipinski definition) is 2. The molecule has 3 rings (SSSR count). The van der Waals surface area contributed by atoms with Gasteiger partial charge in [0.1, 0.15) is 5.75 Å². The minimum Gasteiger partial charge on any atom is -0.869 e. The molecule has 0 amide bonds. The van der Waals surface area contributed by atoms with Crippen molar-refractivity contribution in [2.45, 2.75) is 0 Å². The van der Waals surface area contributed by atoms with Crippen LogP contribution in [0.25, 0.3) is 18.3 Å². The van der Waals surface area contributed by atoms with Gasteiger partial charge in [-0.05, 0) is 47.7 Å². The number of nitrogens with one attached hydrogen (secondary N) is 1. The van der Waals surface area contributed by atoms with Gasteiger partial charge in [-0.15, -0.1) is 0 Å². The number of methoxy groups -OCH3 is 1. The van der Waals surface area contributed by atoms with Crippen molar-refractivity contribution in [2.75, 3.05) is 7.11 Å². The van der Waals surface area contributed by atoms with Gasteiger partial charge in [-0.1, -0.05) is 24.2 Å². The van der Waals surface area contributed by atoms with E-state index in [1.807, 2.05) is 0 Å². The number of aromatic amines is 1. The van der Waals surface area contributed by atoms with E-state index in [1.54, 1.807) is 6.07 Å². The Morgan fingerprint density at radius 2 is 2.11 bits per heavy atom. The first-order valence-electron chi connectivity index (χ1n) is 7.72. The number of aromatic carboxylic acids is 1. The summed E-state index contributed by atoms with van der Waals surface area (Å²) in [5, 5.41) is 24.3. The molecule has 8 heteroatoms. The Morgan fingerprint density at radius 1 is 1.37 bits per heavy atom. The van der Waals surface area contributed by atoms with Crippen LogP contribution >= 0.6 is 11.6 Å². The predicted octanol–water partition coefficient (Wildman–Crippen LogP) is 0.838. The molecule has 7 nitrogen and oxygen atoms in total. The third-order valence-corrected chi connectivity index (χ3v) is 4.20. The first kappa shape index (κ1) is 18.3. The average Bonchev–Trinajstić information content (AvgIpc) is 2.92. The van der Waals surface area contributed by atoms with E-state index < -0.39 is 17.3 Å². The maximum absolute atomic E-state index is 12.8. The standard InChI is InChI=1S/C19H15ClN2O5/c1-10-14(6-11-7-15(20)17(23)16(8-11)27-2)18(24)22(21-10)13-5-3-4-12(9-13)19(25)26/h3-9,21,23H,1H2,2H3,(H,25,26)/p-1/b14-6-. The van der Waals surface area contributed by atoms with E-state index in [9.17, 15) is 14.7 Å². The van der Waals surface area contributed by atoms with Crippen LogP contribution in [0.3, 0.4) is 0 Å². The molecule has 0 spiro atoms. The fraction of sp³-hybridized carbons (Fsp3) is 0.0526. The van der Waals surface area contributed by atoms with Crippen molar-refractivity contribution >= 4 is 30.2 Å². The fourth-order valence-electron chi connectivity index (χ4n) is 2.59. The summed E-state index contributed by atoms with van der Waals surface area (Å²) < 4.78 is 6.19. The summed E-state index contributed by atoms with van der Waals surface area (Å²) >= 11 is 5.92. The van der Waals surface area contributed by atoms with Crippen molar-refractivity contribution in [1.82, 2.24) is 9.78 Å². The third-order valence-electron chi connectivity index (χ3n) is 3.92. The molecule has 1 aromatic heterocycles. The van der Waals surface area contributed by atoms with Crippen LogP contribution in [0.5, 0.6) is 11.5 Å². The first-order chi connectivity index (χ1) is 12.8. The predicted molar refractivity (Wildman–Crippen MR) is 99.1 cm³/mol. The van der Waals surface area contributed by atoms with Gasteiger partial charge in [-0.3, -0.25) is 9.89 Å². The number of carbonyl (C=O) groups is 1. The SMILES string of the molecule is C=c1[nH]n(-c2cccc(C(=O)O)c2)c(=O)/c1=C\c1cc(Cl)c([O-])c(OC)c1. The number of aromatic nitrogens is 2. The number of nitrogens with zero attached hydrogens (tertiary/aromatic N) is 1. The quantitative estimate of drug-likeness (QED) is 0.692. The van der Waals surface area contributed by atoms with Crippen molar-refractivity contribution in [3.05, 3.63) is 73.5 Å². The maximum Gasteiger partial charge on any atom is 0.335 e. The topological polar surface area (TPSA) is 107 Å². The Kier molecular flexibility index (Phi) is 4.79. The molecule has 0 saturated heterocycles. The number of H-pyrrole nitrogens is 1. The second-order valence-corrected chi connectivity index (χ2v) is 6.09. The number of benzene rings is 2. The van der Waals surface area contributed by atoms with Gasteiger partial charge in [-0.25, -0.2) is 9.48 Å². The summed E-state index contributed by atoms with van der Waals surface area (Å²) in [7, 11) is 1.35. The molecule has 0 radical (unpaired) electrons. The van der Waals surface area contributed by atoms with Gasteiger partial charge in [0.2, 0.25) is 0 Å². The highest BCUT2D eigenvalue weighted by atomic mass is 35.5. The highest BCUT2D eigenvalue weighted by Crippen LogP contribution is 2.32. The van der Waals surface area contributed by atoms with E-state index in [0.29, 0.717) is 16.6 Å². The summed E-state index contributed by atoms with van der Waals surface area (Å²) in [6.07, 6.45) is 1.52. The summed E-state index contributed by atoms with van der Waals surface area (Å²) in [5.74, 6) is -1.48. The molecule has 0 aliphatic carbocycles. The van der Waals surface area contributed by atoms with Gasteiger partial charge in [0.25, 0.3) is 5.56 Å². The lowest BCUT2D eigenvalue weighted by Crippen LogP contribution is -2.34. The van der Waals surface area contributed by atoms with Gasteiger partial charge in [0, 0.05) is 5.02 Å². The molecule has 0 unspecified atom stereocenters. The van der Waals surface area contributed by atoms with E-state index in [-0.39, 0.29) is 21.6 Å². The van der Waals surface area contributed by atoms with E-state index in [2.05, 4.69) is 11.7 Å². The zero-order valence-electron chi connectivity index (χ0n) is 14.2. The normalized spacial score (nSPS) is 11.6. The zero-order valence-corrected chi connectivity index (χ0v) is 14.9. The molecule has 1 heterocycles. The molecule has 0 aliphatic rings. The Bertz CT molecular complexity index is 1210. The summed E-state index contributed by atoms with van der Waals surface area (Å²) in [6.45, 7) is 3.81. The van der Waals surface area contributed by atoms with E-state index >= 15 is 0 Å². The molecule has 0 atom stereocenters. The second-order valence-electron chi connectivity index (χ2n) is 5.68. The number of halogens is 1. The smallest absolute Gasteiger partial charge is 0.335 e. The lowest BCUT2D eigenvalue weighted by Gasteiger charge is -2.14. The van der Waals surface area contributed by atoms with Crippen molar-refractivity contribution in [2.24, 2.45) is 0 Å². The minimum atomic E-state index is -1.10. The highest BCUT2D eigenvalue weighted by Gasteiger charge is 2.09. The molecular formula is C19H14ClN2O5-. The number of hydrogen-bond acceptors (Lipinski definition) is 4. The van der Waals surface area contributed by atoms with Crippen LogP contribution in [0, 0.1) is 0 Å². The van der Waals surface area contributed by atoms with Gasteiger partial charge in [0.05, 0.1) is 28.9 Å². The molecule has 3 aromatic rings. The summed E-state index contributed by atoms with van der Waals surface area (Å²) in [4.78, 5) is 23.9. The molecule has 0 saturated carbocycles. The Hall–Kier alpha value is -3.45. The average molecular weight is 386 g/mol. The number of rotatable bonds is 4. The zero-order chi connectivity index (χ0) is 19.7. The van der Waals surface area contributed by atoms with E-state index in [0.717, 1.165) is 0 Å². The molecule has 27 heavy (non-hydrogen) atoms. The monoisotopic (exact) mass is 385 g/mol. The van der Waals surface area contributed by atoms with Crippen LogP contribution in [-0.4, -0.2) is 28.0 Å². The largest absolute Gasteiger partial charge is 0.869 e. The molecule has 2 aromatic carbocycles. The van der Waals surface area contributed by atoms with Crippen molar-refractivity contribution in [3.8, 4) is 17.2 Å². The molecule has 0 aliphatic heterocycles. The van der Waals surface area contributed by atoms with E-state index in [4.69, 9.17) is 21.4 Å². The highest BCUT2D eigenvalue weighted by molar-refractivity contribution is 6.32. The van der Waals surface area contributed by atoms with Gasteiger partial charge < -0.3 is 14.9 Å². The van der Waals surface area contributed by atoms with Gasteiger partial charge in [-0.2, -0.15) is 0 Å². The lowest BCUT2D eigenvalue weighted by molar-refractivity contribution is -0.269. The van der Waals surface area contributed by atoms with Gasteiger partial charge >= 0.3 is 5.97 Å². The van der Waals surface area contributed by atoms with Crippen LogP contribution in [0.4, 0.5) is 0 Å². The third kappa shape index (κ3) is 3.45.